The van der Waals surface area contributed by atoms with Crippen molar-refractivity contribution in [3.63, 3.8) is 0 Å². The molecular formula is C30H23Cl3N2O4. The summed E-state index contributed by atoms with van der Waals surface area (Å²) in [5.41, 5.74) is 4.08. The van der Waals surface area contributed by atoms with Gasteiger partial charge >= 0.3 is 5.97 Å². The Kier molecular flexibility index (Phi) is 7.76. The van der Waals surface area contributed by atoms with Crippen LogP contribution in [0.2, 0.25) is 15.1 Å². The number of rotatable bonds is 7. The standard InChI is InChI=1S/C30H23Cl3N2O4/c1-35(2)26-14-17(7-13-21(26)30(36)37)6-8-18-11-12-20(15-25(18)33)38-16-22-28(34-39-29(22)19-9-10-19)27-23(31)4-3-5-24(27)32/h3-5,7,11-15,19H,9-10,16H2,1-2H3,(H,36,37). The lowest BCUT2D eigenvalue weighted by molar-refractivity contribution is 0.0697. The lowest BCUT2D eigenvalue weighted by atomic mass is 10.0. The second-order valence-electron chi connectivity index (χ2n) is 9.36. The van der Waals surface area contributed by atoms with Crippen molar-refractivity contribution in [2.24, 2.45) is 0 Å². The van der Waals surface area contributed by atoms with Crippen LogP contribution in [0.3, 0.4) is 0 Å². The number of carbonyl (C=O) groups is 1. The fourth-order valence-corrected chi connectivity index (χ4v) is 4.98. The highest BCUT2D eigenvalue weighted by molar-refractivity contribution is 6.39. The first-order valence-electron chi connectivity index (χ1n) is 12.1. The smallest absolute Gasteiger partial charge is 0.337 e. The van der Waals surface area contributed by atoms with Crippen molar-refractivity contribution in [3.05, 3.63) is 97.7 Å². The molecule has 1 N–H and O–H groups in total. The molecule has 4 aromatic rings. The molecule has 198 valence electrons. The van der Waals surface area contributed by atoms with Gasteiger partial charge in [-0.2, -0.15) is 0 Å². The number of hydrogen-bond donors (Lipinski definition) is 1. The zero-order valence-electron chi connectivity index (χ0n) is 21.1. The van der Waals surface area contributed by atoms with Gasteiger partial charge in [-0.05, 0) is 55.3 Å². The van der Waals surface area contributed by atoms with Crippen LogP contribution in [0.4, 0.5) is 5.69 Å². The zero-order valence-corrected chi connectivity index (χ0v) is 23.4. The molecule has 3 aromatic carbocycles. The summed E-state index contributed by atoms with van der Waals surface area (Å²) in [5, 5.41) is 15.1. The molecule has 1 saturated carbocycles. The van der Waals surface area contributed by atoms with Gasteiger partial charge in [-0.1, -0.05) is 57.9 Å². The van der Waals surface area contributed by atoms with Crippen molar-refractivity contribution >= 4 is 46.5 Å². The van der Waals surface area contributed by atoms with Crippen molar-refractivity contribution in [3.8, 4) is 28.8 Å². The van der Waals surface area contributed by atoms with Crippen LogP contribution < -0.4 is 9.64 Å². The molecule has 1 aliphatic carbocycles. The summed E-state index contributed by atoms with van der Waals surface area (Å²) in [7, 11) is 3.57. The number of hydrogen-bond acceptors (Lipinski definition) is 5. The Hall–Kier alpha value is -3.63. The van der Waals surface area contributed by atoms with Gasteiger partial charge in [-0.3, -0.25) is 0 Å². The maximum absolute atomic E-state index is 11.5. The van der Waals surface area contributed by atoms with Gasteiger partial charge < -0.3 is 19.3 Å². The average Bonchev–Trinajstić information content (AvgIpc) is 3.66. The highest BCUT2D eigenvalue weighted by Gasteiger charge is 2.33. The Labute approximate surface area is 241 Å². The molecule has 1 aliphatic rings. The van der Waals surface area contributed by atoms with Gasteiger partial charge in [0.15, 0.2) is 0 Å². The summed E-state index contributed by atoms with van der Waals surface area (Å²) in [6, 6.07) is 15.5. The number of benzene rings is 3. The summed E-state index contributed by atoms with van der Waals surface area (Å²) >= 11 is 19.4. The Morgan fingerprint density at radius 3 is 2.44 bits per heavy atom. The minimum atomic E-state index is -0.991. The number of ether oxygens (including phenoxy) is 1. The van der Waals surface area contributed by atoms with Crippen molar-refractivity contribution in [1.29, 1.82) is 0 Å². The number of halogens is 3. The average molecular weight is 582 g/mol. The van der Waals surface area contributed by atoms with E-state index in [0.717, 1.165) is 24.2 Å². The SMILES string of the molecule is CN(C)c1cc(C#Cc2ccc(OCc3c(-c4c(Cl)cccc4Cl)noc3C3CC3)cc2Cl)ccc1C(=O)O. The van der Waals surface area contributed by atoms with E-state index in [-0.39, 0.29) is 12.2 Å². The number of carboxylic acids is 1. The van der Waals surface area contributed by atoms with Crippen LogP contribution >= 0.6 is 34.8 Å². The second-order valence-corrected chi connectivity index (χ2v) is 10.6. The Bertz CT molecular complexity index is 1610. The summed E-state index contributed by atoms with van der Waals surface area (Å²) < 4.78 is 11.8. The minimum absolute atomic E-state index is 0.205. The van der Waals surface area contributed by atoms with Crippen LogP contribution in [0.15, 0.2) is 59.1 Å². The van der Waals surface area contributed by atoms with Crippen molar-refractivity contribution in [2.45, 2.75) is 25.4 Å². The molecular weight excluding hydrogens is 559 g/mol. The third-order valence-electron chi connectivity index (χ3n) is 6.34. The van der Waals surface area contributed by atoms with Crippen LogP contribution in [0.25, 0.3) is 11.3 Å². The van der Waals surface area contributed by atoms with E-state index < -0.39 is 5.97 Å². The molecule has 0 unspecified atom stereocenters. The van der Waals surface area contributed by atoms with E-state index in [1.165, 1.54) is 0 Å². The first-order valence-corrected chi connectivity index (χ1v) is 13.3. The van der Waals surface area contributed by atoms with E-state index in [1.54, 1.807) is 73.6 Å². The van der Waals surface area contributed by atoms with Crippen LogP contribution in [0, 0.1) is 11.8 Å². The quantitative estimate of drug-likeness (QED) is 0.223. The molecule has 0 aliphatic heterocycles. The fourth-order valence-electron chi connectivity index (χ4n) is 4.19. The Morgan fingerprint density at radius 2 is 1.79 bits per heavy atom. The minimum Gasteiger partial charge on any atom is -0.489 e. The number of aromatic carboxylic acids is 1. The monoisotopic (exact) mass is 580 g/mol. The third-order valence-corrected chi connectivity index (χ3v) is 7.28. The third kappa shape index (κ3) is 5.86. The van der Waals surface area contributed by atoms with E-state index in [9.17, 15) is 9.90 Å². The Morgan fingerprint density at radius 1 is 1.05 bits per heavy atom. The highest BCUT2D eigenvalue weighted by Crippen LogP contribution is 2.46. The molecule has 0 radical (unpaired) electrons. The van der Waals surface area contributed by atoms with Crippen molar-refractivity contribution in [2.75, 3.05) is 19.0 Å². The van der Waals surface area contributed by atoms with E-state index in [4.69, 9.17) is 44.1 Å². The number of carboxylic acid groups (broad SMARTS) is 1. The van der Waals surface area contributed by atoms with Crippen LogP contribution in [-0.4, -0.2) is 30.3 Å². The van der Waals surface area contributed by atoms with Gasteiger partial charge in [-0.15, -0.1) is 0 Å². The topological polar surface area (TPSA) is 75.8 Å². The molecule has 6 nitrogen and oxygen atoms in total. The van der Waals surface area contributed by atoms with Crippen molar-refractivity contribution < 1.29 is 19.2 Å². The molecule has 0 spiro atoms. The first-order chi connectivity index (χ1) is 18.7. The predicted octanol–water partition coefficient (Wildman–Crippen LogP) is 7.92. The zero-order chi connectivity index (χ0) is 27.7. The van der Waals surface area contributed by atoms with Gasteiger partial charge in [0.25, 0.3) is 0 Å². The summed E-state index contributed by atoms with van der Waals surface area (Å²) in [4.78, 5) is 13.2. The molecule has 39 heavy (non-hydrogen) atoms. The molecule has 1 fully saturated rings. The lowest BCUT2D eigenvalue weighted by Crippen LogP contribution is -2.14. The van der Waals surface area contributed by atoms with E-state index >= 15 is 0 Å². The second kappa shape index (κ2) is 11.2. The van der Waals surface area contributed by atoms with Crippen LogP contribution in [-0.2, 0) is 6.61 Å². The molecule has 1 heterocycles. The number of anilines is 1. The van der Waals surface area contributed by atoms with Gasteiger partial charge in [-0.25, -0.2) is 4.79 Å². The lowest BCUT2D eigenvalue weighted by Gasteiger charge is -2.15. The summed E-state index contributed by atoms with van der Waals surface area (Å²) in [6.07, 6.45) is 2.07. The maximum Gasteiger partial charge on any atom is 0.337 e. The van der Waals surface area contributed by atoms with Crippen LogP contribution in [0.5, 0.6) is 5.75 Å². The number of nitrogens with zero attached hydrogens (tertiary/aromatic N) is 2. The number of aromatic nitrogens is 1. The molecule has 0 bridgehead atoms. The summed E-state index contributed by atoms with van der Waals surface area (Å²) in [6.45, 7) is 0.205. The van der Waals surface area contributed by atoms with Gasteiger partial charge in [0.05, 0.1) is 31.9 Å². The maximum atomic E-state index is 11.5. The van der Waals surface area contributed by atoms with Crippen molar-refractivity contribution in [1.82, 2.24) is 5.16 Å². The first kappa shape index (κ1) is 27.0. The molecule has 0 saturated heterocycles. The Balaban J connectivity index is 1.37. The predicted molar refractivity (Wildman–Crippen MR) is 153 cm³/mol. The van der Waals surface area contributed by atoms with E-state index in [1.807, 2.05) is 0 Å². The van der Waals surface area contributed by atoms with Crippen LogP contribution in [0.1, 0.15) is 51.6 Å². The molecule has 0 amide bonds. The van der Waals surface area contributed by atoms with E-state index in [2.05, 4.69) is 17.0 Å². The molecule has 5 rings (SSSR count). The largest absolute Gasteiger partial charge is 0.489 e. The van der Waals surface area contributed by atoms with E-state index in [0.29, 0.717) is 54.8 Å². The molecule has 1 aromatic heterocycles. The normalized spacial score (nSPS) is 12.5. The highest BCUT2D eigenvalue weighted by atomic mass is 35.5. The fraction of sp³-hybridized carbons (Fsp3) is 0.200. The summed E-state index contributed by atoms with van der Waals surface area (Å²) in [5.74, 6) is 6.79. The molecule has 9 heteroatoms. The van der Waals surface area contributed by atoms with Gasteiger partial charge in [0.1, 0.15) is 23.8 Å². The van der Waals surface area contributed by atoms with Gasteiger partial charge in [0, 0.05) is 42.8 Å². The molecule has 0 atom stereocenters. The van der Waals surface area contributed by atoms with Gasteiger partial charge in [0.2, 0.25) is 0 Å².